The molecule has 3 rings (SSSR count). The number of halogens is 1. The van der Waals surface area contributed by atoms with E-state index < -0.39 is 33.0 Å². The van der Waals surface area contributed by atoms with Crippen molar-refractivity contribution in [3.05, 3.63) is 93.0 Å². The van der Waals surface area contributed by atoms with E-state index in [0.717, 1.165) is 41.2 Å². The van der Waals surface area contributed by atoms with Crippen LogP contribution in [0.4, 0.5) is 10.1 Å². The predicted octanol–water partition coefficient (Wildman–Crippen LogP) is 0.860. The molecule has 0 aliphatic carbocycles. The summed E-state index contributed by atoms with van der Waals surface area (Å²) < 4.78 is 41.0. The van der Waals surface area contributed by atoms with Crippen molar-refractivity contribution in [2.45, 2.75) is 4.90 Å². The van der Waals surface area contributed by atoms with E-state index >= 15 is 0 Å². The van der Waals surface area contributed by atoms with E-state index in [4.69, 9.17) is 0 Å². The molecule has 28 heavy (non-hydrogen) atoms. The van der Waals surface area contributed by atoms with Crippen molar-refractivity contribution in [3.63, 3.8) is 0 Å². The second-order valence-electron chi connectivity index (χ2n) is 5.53. The van der Waals surface area contributed by atoms with Crippen LogP contribution in [0.1, 0.15) is 10.4 Å². The number of H-pyrrole nitrogens is 1. The molecule has 0 saturated heterocycles. The summed E-state index contributed by atoms with van der Waals surface area (Å²) in [5.74, 6) is -1.39. The molecule has 144 valence electrons. The smallest absolute Gasteiger partial charge is 0.279 e. The molecule has 0 bridgehead atoms. The lowest BCUT2D eigenvalue weighted by Crippen LogP contribution is -2.37. The van der Waals surface area contributed by atoms with Gasteiger partial charge in [0.1, 0.15) is 5.82 Å². The summed E-state index contributed by atoms with van der Waals surface area (Å²) >= 11 is 0. The van der Waals surface area contributed by atoms with Crippen LogP contribution in [-0.2, 0) is 10.0 Å². The number of carbonyl (C=O) groups is 1. The molecule has 3 N–H and O–H groups in total. The third-order valence-electron chi connectivity index (χ3n) is 3.59. The minimum atomic E-state index is -4.09. The summed E-state index contributed by atoms with van der Waals surface area (Å²) in [6.45, 7) is 0. The molecular formula is C17H13FN4O5S. The summed E-state index contributed by atoms with van der Waals surface area (Å²) in [5.41, 5.74) is 0.600. The number of sulfonamides is 1. The van der Waals surface area contributed by atoms with Crippen molar-refractivity contribution in [3.8, 4) is 0 Å². The SMILES string of the molecule is O=C(Nn1ccc(=O)[nH]c1=O)c1ccccc1NS(=O)(=O)c1ccc(F)cc1. The summed E-state index contributed by atoms with van der Waals surface area (Å²) in [5, 5.41) is 0. The van der Waals surface area contributed by atoms with Gasteiger partial charge in [0.25, 0.3) is 21.5 Å². The van der Waals surface area contributed by atoms with Gasteiger partial charge in [0.15, 0.2) is 0 Å². The summed E-state index contributed by atoms with van der Waals surface area (Å²) in [6, 6.07) is 10.9. The Morgan fingerprint density at radius 1 is 1.00 bits per heavy atom. The minimum absolute atomic E-state index is 0.0539. The largest absolute Gasteiger partial charge is 0.347 e. The van der Waals surface area contributed by atoms with E-state index in [-0.39, 0.29) is 16.1 Å². The van der Waals surface area contributed by atoms with E-state index in [9.17, 15) is 27.2 Å². The van der Waals surface area contributed by atoms with Crippen LogP contribution in [0.15, 0.2) is 75.3 Å². The molecule has 0 aliphatic heterocycles. The molecule has 11 heteroatoms. The number of nitrogens with one attached hydrogen (secondary N) is 3. The average molecular weight is 404 g/mol. The Bertz CT molecular complexity index is 1250. The zero-order chi connectivity index (χ0) is 20.3. The Kier molecular flexibility index (Phi) is 5.09. The number of aromatic amines is 1. The first-order chi connectivity index (χ1) is 13.3. The third-order valence-corrected chi connectivity index (χ3v) is 4.97. The Hall–Kier alpha value is -3.73. The Morgan fingerprint density at radius 3 is 2.36 bits per heavy atom. The van der Waals surface area contributed by atoms with Crippen molar-refractivity contribution in [2.75, 3.05) is 10.1 Å². The molecule has 0 radical (unpaired) electrons. The lowest BCUT2D eigenvalue weighted by atomic mass is 10.2. The molecule has 1 aromatic heterocycles. The maximum absolute atomic E-state index is 13.0. The van der Waals surface area contributed by atoms with Gasteiger partial charge in [-0.15, -0.1) is 0 Å². The highest BCUT2D eigenvalue weighted by Gasteiger charge is 2.19. The van der Waals surface area contributed by atoms with E-state index in [2.05, 4.69) is 10.1 Å². The second-order valence-corrected chi connectivity index (χ2v) is 7.21. The number of rotatable bonds is 5. The zero-order valence-electron chi connectivity index (χ0n) is 14.0. The lowest BCUT2D eigenvalue weighted by Gasteiger charge is -2.13. The lowest BCUT2D eigenvalue weighted by molar-refractivity contribution is 0.101. The topological polar surface area (TPSA) is 130 Å². The van der Waals surface area contributed by atoms with Crippen LogP contribution < -0.4 is 21.4 Å². The minimum Gasteiger partial charge on any atom is -0.279 e. The number of amides is 1. The highest BCUT2D eigenvalue weighted by molar-refractivity contribution is 7.92. The van der Waals surface area contributed by atoms with Crippen molar-refractivity contribution >= 4 is 21.6 Å². The molecule has 9 nitrogen and oxygen atoms in total. The average Bonchev–Trinajstić information content (AvgIpc) is 2.64. The molecule has 2 aromatic carbocycles. The molecule has 0 spiro atoms. The van der Waals surface area contributed by atoms with Gasteiger partial charge < -0.3 is 0 Å². The maximum atomic E-state index is 13.0. The number of hydrogen-bond acceptors (Lipinski definition) is 5. The fourth-order valence-corrected chi connectivity index (χ4v) is 3.34. The monoisotopic (exact) mass is 404 g/mol. The number of benzene rings is 2. The first kappa shape index (κ1) is 19.0. The van der Waals surface area contributed by atoms with Gasteiger partial charge in [-0.1, -0.05) is 12.1 Å². The highest BCUT2D eigenvalue weighted by Crippen LogP contribution is 2.20. The van der Waals surface area contributed by atoms with Gasteiger partial charge in [0.05, 0.1) is 16.1 Å². The number of aromatic nitrogens is 2. The Labute approximate surface area is 157 Å². The van der Waals surface area contributed by atoms with Gasteiger partial charge in [-0.05, 0) is 36.4 Å². The fourth-order valence-electron chi connectivity index (χ4n) is 2.26. The fraction of sp³-hybridized carbons (Fsp3) is 0. The summed E-state index contributed by atoms with van der Waals surface area (Å²) in [7, 11) is -4.09. The predicted molar refractivity (Wildman–Crippen MR) is 98.7 cm³/mol. The van der Waals surface area contributed by atoms with Crippen LogP contribution in [0.5, 0.6) is 0 Å². The summed E-state index contributed by atoms with van der Waals surface area (Å²) in [4.78, 5) is 37.0. The van der Waals surface area contributed by atoms with Crippen LogP contribution in [0.3, 0.4) is 0 Å². The molecular weight excluding hydrogens is 391 g/mol. The third kappa shape index (κ3) is 4.15. The molecule has 1 heterocycles. The van der Waals surface area contributed by atoms with Crippen molar-refractivity contribution in [2.24, 2.45) is 0 Å². The highest BCUT2D eigenvalue weighted by atomic mass is 32.2. The Morgan fingerprint density at radius 2 is 1.68 bits per heavy atom. The second kappa shape index (κ2) is 7.48. The van der Waals surface area contributed by atoms with E-state index in [1.54, 1.807) is 0 Å². The first-order valence-corrected chi connectivity index (χ1v) is 9.25. The molecule has 0 fully saturated rings. The molecule has 0 atom stereocenters. The number of carbonyl (C=O) groups excluding carboxylic acids is 1. The maximum Gasteiger partial charge on any atom is 0.347 e. The van der Waals surface area contributed by atoms with Gasteiger partial charge in [-0.2, -0.15) is 0 Å². The van der Waals surface area contributed by atoms with Crippen LogP contribution in [0.2, 0.25) is 0 Å². The van der Waals surface area contributed by atoms with E-state index in [1.807, 2.05) is 4.98 Å². The van der Waals surface area contributed by atoms with Crippen LogP contribution in [0.25, 0.3) is 0 Å². The van der Waals surface area contributed by atoms with Crippen molar-refractivity contribution < 1.29 is 17.6 Å². The number of hydrogen-bond donors (Lipinski definition) is 3. The van der Waals surface area contributed by atoms with Crippen molar-refractivity contribution in [1.82, 2.24) is 9.66 Å². The number of nitrogens with zero attached hydrogens (tertiary/aromatic N) is 1. The van der Waals surface area contributed by atoms with Gasteiger partial charge >= 0.3 is 5.69 Å². The van der Waals surface area contributed by atoms with Gasteiger partial charge in [0.2, 0.25) is 0 Å². The molecule has 0 aliphatic rings. The number of para-hydroxylation sites is 1. The zero-order valence-corrected chi connectivity index (χ0v) is 14.9. The van der Waals surface area contributed by atoms with Crippen LogP contribution in [-0.4, -0.2) is 24.0 Å². The Balaban J connectivity index is 1.90. The molecule has 1 amide bonds. The quantitative estimate of drug-likeness (QED) is 0.581. The van der Waals surface area contributed by atoms with Gasteiger partial charge in [-0.25, -0.2) is 22.3 Å². The molecule has 0 saturated carbocycles. The molecule has 3 aromatic rings. The van der Waals surface area contributed by atoms with Gasteiger partial charge in [0, 0.05) is 12.3 Å². The summed E-state index contributed by atoms with van der Waals surface area (Å²) in [6.07, 6.45) is 1.06. The van der Waals surface area contributed by atoms with Crippen LogP contribution in [0, 0.1) is 5.82 Å². The molecule has 0 unspecified atom stereocenters. The van der Waals surface area contributed by atoms with E-state index in [0.29, 0.717) is 0 Å². The normalized spacial score (nSPS) is 11.0. The van der Waals surface area contributed by atoms with Gasteiger partial charge in [-0.3, -0.25) is 24.7 Å². The first-order valence-electron chi connectivity index (χ1n) is 7.77. The standard InChI is InChI=1S/C17H13FN4O5S/c18-11-5-7-12(8-6-11)28(26,27)21-14-4-2-1-3-13(14)16(24)20-22-10-9-15(23)19-17(22)25/h1-10,21H,(H,20,24)(H,19,23,25). The van der Waals surface area contributed by atoms with Crippen molar-refractivity contribution in [1.29, 1.82) is 0 Å². The van der Waals surface area contributed by atoms with Crippen LogP contribution >= 0.6 is 0 Å². The van der Waals surface area contributed by atoms with E-state index in [1.165, 1.54) is 24.3 Å². The number of anilines is 1.